The minimum Gasteiger partial charge on any atom is -0.352 e. The van der Waals surface area contributed by atoms with Crippen molar-refractivity contribution in [2.24, 2.45) is 0 Å². The fourth-order valence-electron chi connectivity index (χ4n) is 4.78. The first-order valence-corrected chi connectivity index (χ1v) is 13.1. The van der Waals surface area contributed by atoms with Crippen LogP contribution in [-0.2, 0) is 4.79 Å². The highest BCUT2D eigenvalue weighted by Gasteiger charge is 2.41. The van der Waals surface area contributed by atoms with Gasteiger partial charge in [0.05, 0.1) is 22.8 Å². The molecule has 0 spiro atoms. The lowest BCUT2D eigenvalue weighted by molar-refractivity contribution is -0.116. The first kappa shape index (κ1) is 25.9. The van der Waals surface area contributed by atoms with Gasteiger partial charge in [0.1, 0.15) is 5.82 Å². The van der Waals surface area contributed by atoms with Crippen molar-refractivity contribution in [1.82, 2.24) is 19.8 Å². The van der Waals surface area contributed by atoms with Crippen LogP contribution in [0.25, 0.3) is 5.69 Å². The molecule has 2 N–H and O–H groups in total. The van der Waals surface area contributed by atoms with Gasteiger partial charge in [-0.15, -0.1) is 0 Å². The summed E-state index contributed by atoms with van der Waals surface area (Å²) in [5.74, 6) is -0.571. The third kappa shape index (κ3) is 5.28. The van der Waals surface area contributed by atoms with Crippen molar-refractivity contribution < 1.29 is 9.18 Å². The number of halogens is 2. The summed E-state index contributed by atoms with van der Waals surface area (Å²) in [4.78, 5) is 19.6. The third-order valence-corrected chi connectivity index (χ3v) is 7.35. The van der Waals surface area contributed by atoms with E-state index in [1.165, 1.54) is 6.07 Å². The molecule has 9 heteroatoms. The summed E-state index contributed by atoms with van der Waals surface area (Å²) in [7, 11) is 0. The zero-order chi connectivity index (χ0) is 26.8. The molecule has 0 radical (unpaired) electrons. The summed E-state index contributed by atoms with van der Waals surface area (Å²) in [6, 6.07) is 19.8. The van der Waals surface area contributed by atoms with Crippen LogP contribution in [0.3, 0.4) is 0 Å². The quantitative estimate of drug-likeness (QED) is 0.267. The molecular weight excluding hydrogens is 521 g/mol. The monoisotopic (exact) mass is 547 g/mol. The number of pyridine rings is 1. The second-order valence-electron chi connectivity index (χ2n) is 9.34. The number of rotatable bonds is 7. The maximum absolute atomic E-state index is 13.9. The van der Waals surface area contributed by atoms with Gasteiger partial charge < -0.3 is 20.1 Å². The lowest BCUT2D eigenvalue weighted by Crippen LogP contribution is -2.33. The molecule has 1 fully saturated rings. The van der Waals surface area contributed by atoms with Crippen LogP contribution < -0.4 is 10.6 Å². The molecule has 5 rings (SSSR count). The lowest BCUT2D eigenvalue weighted by atomic mass is 10.0. The summed E-state index contributed by atoms with van der Waals surface area (Å²) in [6.45, 7) is 4.36. The number of aromatic nitrogens is 2. The summed E-state index contributed by atoms with van der Waals surface area (Å²) < 4.78 is 15.9. The van der Waals surface area contributed by atoms with E-state index in [1.807, 2.05) is 78.0 Å². The Bertz CT molecular complexity index is 1490. The molecule has 1 saturated heterocycles. The fourth-order valence-corrected chi connectivity index (χ4v) is 5.28. The number of amides is 1. The van der Waals surface area contributed by atoms with Gasteiger partial charge in [0.25, 0.3) is 0 Å². The highest BCUT2D eigenvalue weighted by molar-refractivity contribution is 7.80. The Hall–Kier alpha value is -3.75. The van der Waals surface area contributed by atoms with Crippen LogP contribution in [0.1, 0.15) is 41.0 Å². The molecule has 0 unspecified atom stereocenters. The molecule has 2 aromatic carbocycles. The van der Waals surface area contributed by atoms with Crippen molar-refractivity contribution >= 4 is 40.5 Å². The topological polar surface area (TPSA) is 62.2 Å². The Labute approximate surface area is 231 Å². The van der Waals surface area contributed by atoms with Crippen LogP contribution in [0.15, 0.2) is 79.1 Å². The zero-order valence-corrected chi connectivity index (χ0v) is 22.6. The second kappa shape index (κ2) is 10.9. The highest BCUT2D eigenvalue weighted by Crippen LogP contribution is 2.40. The average molecular weight is 548 g/mol. The van der Waals surface area contributed by atoms with Gasteiger partial charge in [-0.25, -0.2) is 4.39 Å². The molecule has 38 heavy (non-hydrogen) atoms. The first-order chi connectivity index (χ1) is 18.3. The number of hydrogen-bond donors (Lipinski definition) is 2. The van der Waals surface area contributed by atoms with Crippen LogP contribution >= 0.6 is 23.8 Å². The van der Waals surface area contributed by atoms with Crippen LogP contribution in [0.4, 0.5) is 10.1 Å². The van der Waals surface area contributed by atoms with E-state index in [4.69, 9.17) is 23.8 Å². The van der Waals surface area contributed by atoms with Crippen molar-refractivity contribution in [3.63, 3.8) is 0 Å². The van der Waals surface area contributed by atoms with Gasteiger partial charge in [-0.05, 0) is 85.7 Å². The molecule has 0 bridgehead atoms. The molecule has 2 aromatic heterocycles. The predicted octanol–water partition coefficient (Wildman–Crippen LogP) is 6.28. The van der Waals surface area contributed by atoms with Gasteiger partial charge in [-0.3, -0.25) is 9.78 Å². The molecular formula is C29H27ClFN5OS. The van der Waals surface area contributed by atoms with E-state index in [0.717, 1.165) is 33.9 Å². The van der Waals surface area contributed by atoms with Crippen molar-refractivity contribution in [1.29, 1.82) is 0 Å². The number of nitrogens with zero attached hydrogens (tertiary/aromatic N) is 3. The van der Waals surface area contributed by atoms with E-state index in [-0.39, 0.29) is 29.4 Å². The van der Waals surface area contributed by atoms with E-state index in [2.05, 4.69) is 15.6 Å². The van der Waals surface area contributed by atoms with Gasteiger partial charge in [-0.2, -0.15) is 0 Å². The van der Waals surface area contributed by atoms with E-state index in [9.17, 15) is 9.18 Å². The Morgan fingerprint density at radius 3 is 2.74 bits per heavy atom. The SMILES string of the molecule is Cc1ccc(C)c(NC(=O)CCN2C(=S)N[C@@H](c3ccccn3)[C@@H]2c2cccn2-c2ccc(F)c(Cl)c2)c1. The zero-order valence-electron chi connectivity index (χ0n) is 21.0. The number of carbonyl (C=O) groups excluding carboxylic acids is 1. The highest BCUT2D eigenvalue weighted by atomic mass is 35.5. The Kier molecular flexibility index (Phi) is 7.44. The van der Waals surface area contributed by atoms with Gasteiger partial charge in [0.15, 0.2) is 5.11 Å². The second-order valence-corrected chi connectivity index (χ2v) is 10.1. The standard InChI is InChI=1S/C29H27ClFN5OS/c1-18-8-9-19(2)24(16-18)33-26(37)12-15-36-28(27(34-29(36)38)23-6-3-4-13-32-23)25-7-5-14-35(25)20-10-11-22(31)21(30)17-20/h3-11,13-14,16-17,27-28H,12,15H2,1-2H3,(H,33,37)(H,34,38)/t27-,28-/m0/s1. The van der Waals surface area contributed by atoms with Crippen LogP contribution in [0, 0.1) is 19.7 Å². The molecule has 0 aliphatic carbocycles. The van der Waals surface area contributed by atoms with Gasteiger partial charge in [-0.1, -0.05) is 29.8 Å². The molecule has 2 atom stereocenters. The maximum Gasteiger partial charge on any atom is 0.226 e. The van der Waals surface area contributed by atoms with Gasteiger partial charge in [0, 0.05) is 42.4 Å². The molecule has 194 valence electrons. The smallest absolute Gasteiger partial charge is 0.226 e. The number of carbonyl (C=O) groups is 1. The van der Waals surface area contributed by atoms with E-state index >= 15 is 0 Å². The Morgan fingerprint density at radius 2 is 1.97 bits per heavy atom. The van der Waals surface area contributed by atoms with E-state index in [1.54, 1.807) is 18.3 Å². The molecule has 3 heterocycles. The summed E-state index contributed by atoms with van der Waals surface area (Å²) >= 11 is 11.9. The Morgan fingerprint density at radius 1 is 1.13 bits per heavy atom. The largest absolute Gasteiger partial charge is 0.352 e. The summed E-state index contributed by atoms with van der Waals surface area (Å²) in [5.41, 5.74) is 5.35. The summed E-state index contributed by atoms with van der Waals surface area (Å²) in [6.07, 6.45) is 3.89. The van der Waals surface area contributed by atoms with Crippen molar-refractivity contribution in [2.75, 3.05) is 11.9 Å². The average Bonchev–Trinajstić information content (AvgIpc) is 3.51. The number of aryl methyl sites for hydroxylation is 2. The minimum absolute atomic E-state index is 0.0449. The number of hydrogen-bond acceptors (Lipinski definition) is 3. The normalized spacial score (nSPS) is 16.9. The number of thiocarbonyl (C=S) groups is 1. The fraction of sp³-hybridized carbons (Fsp3) is 0.207. The Balaban J connectivity index is 1.45. The minimum atomic E-state index is -0.476. The van der Waals surface area contributed by atoms with Crippen molar-refractivity contribution in [3.05, 3.63) is 112 Å². The molecule has 1 aliphatic heterocycles. The molecule has 6 nitrogen and oxygen atoms in total. The van der Waals surface area contributed by atoms with E-state index < -0.39 is 5.82 Å². The predicted molar refractivity (Wildman–Crippen MR) is 152 cm³/mol. The van der Waals surface area contributed by atoms with Crippen molar-refractivity contribution in [3.8, 4) is 5.69 Å². The van der Waals surface area contributed by atoms with Gasteiger partial charge >= 0.3 is 0 Å². The number of benzene rings is 2. The molecule has 1 aliphatic rings. The summed E-state index contributed by atoms with van der Waals surface area (Å²) in [5, 5.41) is 7.03. The third-order valence-electron chi connectivity index (χ3n) is 6.71. The first-order valence-electron chi connectivity index (χ1n) is 12.3. The molecule has 4 aromatic rings. The van der Waals surface area contributed by atoms with Crippen LogP contribution in [-0.4, -0.2) is 32.0 Å². The van der Waals surface area contributed by atoms with E-state index in [0.29, 0.717) is 11.7 Å². The van der Waals surface area contributed by atoms with Crippen LogP contribution in [0.5, 0.6) is 0 Å². The van der Waals surface area contributed by atoms with Gasteiger partial charge in [0.2, 0.25) is 5.91 Å². The number of anilines is 1. The van der Waals surface area contributed by atoms with Crippen LogP contribution in [0.2, 0.25) is 5.02 Å². The lowest BCUT2D eigenvalue weighted by Gasteiger charge is -2.29. The molecule has 1 amide bonds. The molecule has 0 saturated carbocycles. The maximum atomic E-state index is 13.9. The van der Waals surface area contributed by atoms with Crippen molar-refractivity contribution in [2.45, 2.75) is 32.4 Å². The number of nitrogens with one attached hydrogen (secondary N) is 2.